The van der Waals surface area contributed by atoms with Gasteiger partial charge in [-0.2, -0.15) is 0 Å². The van der Waals surface area contributed by atoms with Crippen LogP contribution in [0.4, 0.5) is 0 Å². The summed E-state index contributed by atoms with van der Waals surface area (Å²) >= 11 is 0. The molecule has 1 atom stereocenters. The highest BCUT2D eigenvalue weighted by atomic mass is 32.2. The van der Waals surface area contributed by atoms with Crippen LogP contribution in [0.15, 0.2) is 30.3 Å². The number of hydrogen-bond acceptors (Lipinski definition) is 4. The Hall–Kier alpha value is -1.86. The number of nitrogens with zero attached hydrogens (tertiary/aromatic N) is 1. The summed E-state index contributed by atoms with van der Waals surface area (Å²) in [4.78, 5) is 15.6. The lowest BCUT2D eigenvalue weighted by Gasteiger charge is -2.34. The molecular formula is C19H27N2O4S+. The Bertz CT molecular complexity index is 750. The first-order chi connectivity index (χ1) is 12.5. The number of hydrogen-bond donors (Lipinski definition) is 1. The molecule has 2 saturated heterocycles. The van der Waals surface area contributed by atoms with Crippen LogP contribution in [0.2, 0.25) is 0 Å². The molecule has 2 fully saturated rings. The van der Waals surface area contributed by atoms with E-state index in [0.717, 1.165) is 30.8 Å². The molecule has 142 valence electrons. The maximum Gasteiger partial charge on any atom is 0.246 e. The SMILES string of the molecule is CCOc1ccc(/C=C/C(=O)N2CC[NH+]([C@@H]3CCS(=O)(=O)C3)CC2)cc1. The average Bonchev–Trinajstić information content (AvgIpc) is 3.01. The van der Waals surface area contributed by atoms with Crippen molar-refractivity contribution in [2.75, 3.05) is 44.3 Å². The Labute approximate surface area is 155 Å². The van der Waals surface area contributed by atoms with E-state index in [9.17, 15) is 13.2 Å². The minimum Gasteiger partial charge on any atom is -0.494 e. The van der Waals surface area contributed by atoms with Gasteiger partial charge in [-0.25, -0.2) is 8.42 Å². The number of sulfone groups is 1. The fourth-order valence-electron chi connectivity index (χ4n) is 3.65. The van der Waals surface area contributed by atoms with Crippen molar-refractivity contribution in [3.63, 3.8) is 0 Å². The summed E-state index contributed by atoms with van der Waals surface area (Å²) in [5.41, 5.74) is 0.960. The van der Waals surface area contributed by atoms with Crippen molar-refractivity contribution in [1.82, 2.24) is 4.90 Å². The zero-order valence-electron chi connectivity index (χ0n) is 15.2. The summed E-state index contributed by atoms with van der Waals surface area (Å²) in [6, 6.07) is 7.85. The molecule has 1 aromatic carbocycles. The van der Waals surface area contributed by atoms with Crippen LogP contribution in [-0.2, 0) is 14.6 Å². The maximum absolute atomic E-state index is 12.4. The van der Waals surface area contributed by atoms with Crippen LogP contribution in [0.3, 0.4) is 0 Å². The van der Waals surface area contributed by atoms with Gasteiger partial charge >= 0.3 is 0 Å². The van der Waals surface area contributed by atoms with Gasteiger partial charge in [-0.15, -0.1) is 0 Å². The number of ether oxygens (including phenoxy) is 1. The van der Waals surface area contributed by atoms with Gasteiger partial charge in [0.25, 0.3) is 0 Å². The predicted molar refractivity (Wildman–Crippen MR) is 101 cm³/mol. The first-order valence-electron chi connectivity index (χ1n) is 9.22. The molecule has 0 saturated carbocycles. The average molecular weight is 380 g/mol. The number of piperazine rings is 1. The standard InChI is InChI=1S/C19H26N2O4S/c1-2-25-18-6-3-16(4-7-18)5-8-19(22)21-12-10-20(11-13-21)17-9-14-26(23,24)15-17/h3-8,17H,2,9-15H2,1H3/p+1/b8-5+/t17-/m1/s1. The molecule has 1 N–H and O–H groups in total. The third-order valence-corrected chi connectivity index (χ3v) is 6.90. The quantitative estimate of drug-likeness (QED) is 0.732. The number of carbonyl (C=O) groups excluding carboxylic acids is 1. The van der Waals surface area contributed by atoms with E-state index in [4.69, 9.17) is 4.74 Å². The monoisotopic (exact) mass is 379 g/mol. The van der Waals surface area contributed by atoms with Crippen molar-refractivity contribution in [1.29, 1.82) is 0 Å². The van der Waals surface area contributed by atoms with Gasteiger partial charge in [-0.1, -0.05) is 12.1 Å². The molecule has 0 unspecified atom stereocenters. The second-order valence-corrected chi connectivity index (χ2v) is 9.15. The Morgan fingerprint density at radius 3 is 2.54 bits per heavy atom. The maximum atomic E-state index is 12.4. The van der Waals surface area contributed by atoms with Crippen LogP contribution in [0.25, 0.3) is 6.08 Å². The van der Waals surface area contributed by atoms with Gasteiger partial charge in [0.2, 0.25) is 5.91 Å². The second kappa shape index (κ2) is 8.22. The normalized spacial score (nSPS) is 23.4. The highest BCUT2D eigenvalue weighted by Crippen LogP contribution is 2.13. The summed E-state index contributed by atoms with van der Waals surface area (Å²) in [6.07, 6.45) is 4.19. The van der Waals surface area contributed by atoms with Crippen LogP contribution >= 0.6 is 0 Å². The van der Waals surface area contributed by atoms with Gasteiger partial charge in [-0.05, 0) is 30.7 Å². The molecule has 2 aliphatic heterocycles. The van der Waals surface area contributed by atoms with E-state index in [1.54, 1.807) is 6.08 Å². The topological polar surface area (TPSA) is 68.1 Å². The Morgan fingerprint density at radius 2 is 1.96 bits per heavy atom. The van der Waals surface area contributed by atoms with Crippen LogP contribution < -0.4 is 9.64 Å². The lowest BCUT2D eigenvalue weighted by Crippen LogP contribution is -3.18. The van der Waals surface area contributed by atoms with Crippen molar-refractivity contribution in [3.8, 4) is 5.75 Å². The van der Waals surface area contributed by atoms with Gasteiger partial charge in [0.15, 0.2) is 9.84 Å². The third kappa shape index (κ3) is 4.86. The molecule has 3 rings (SSSR count). The molecule has 0 bridgehead atoms. The molecule has 26 heavy (non-hydrogen) atoms. The Kier molecular flexibility index (Phi) is 5.98. The van der Waals surface area contributed by atoms with E-state index < -0.39 is 9.84 Å². The summed E-state index contributed by atoms with van der Waals surface area (Å²) in [6.45, 7) is 5.58. The van der Waals surface area contributed by atoms with Crippen LogP contribution in [-0.4, -0.2) is 69.6 Å². The van der Waals surface area contributed by atoms with Crippen molar-refractivity contribution in [2.45, 2.75) is 19.4 Å². The number of amides is 1. The molecule has 1 aromatic rings. The largest absolute Gasteiger partial charge is 0.494 e. The minimum absolute atomic E-state index is 0.0111. The zero-order valence-corrected chi connectivity index (χ0v) is 16.0. The van der Waals surface area contributed by atoms with Crippen molar-refractivity contribution < 1.29 is 22.8 Å². The minimum atomic E-state index is -2.84. The third-order valence-electron chi connectivity index (χ3n) is 5.14. The van der Waals surface area contributed by atoms with Gasteiger partial charge in [0.1, 0.15) is 17.5 Å². The number of quaternary nitrogens is 1. The zero-order chi connectivity index (χ0) is 18.6. The van der Waals surface area contributed by atoms with Crippen molar-refractivity contribution in [2.24, 2.45) is 0 Å². The molecule has 6 nitrogen and oxygen atoms in total. The molecule has 0 aliphatic carbocycles. The smallest absolute Gasteiger partial charge is 0.246 e. The molecule has 1 amide bonds. The lowest BCUT2D eigenvalue weighted by molar-refractivity contribution is -0.925. The summed E-state index contributed by atoms with van der Waals surface area (Å²) in [5, 5.41) is 0. The summed E-state index contributed by atoms with van der Waals surface area (Å²) < 4.78 is 28.7. The fraction of sp³-hybridized carbons (Fsp3) is 0.526. The van der Waals surface area contributed by atoms with Gasteiger partial charge in [0.05, 0.1) is 38.5 Å². The molecule has 2 heterocycles. The van der Waals surface area contributed by atoms with Gasteiger partial charge < -0.3 is 14.5 Å². The molecule has 2 aliphatic rings. The van der Waals surface area contributed by atoms with Crippen LogP contribution in [0.1, 0.15) is 18.9 Å². The van der Waals surface area contributed by atoms with E-state index in [0.29, 0.717) is 31.2 Å². The van der Waals surface area contributed by atoms with Crippen molar-refractivity contribution >= 4 is 21.8 Å². The first kappa shape index (κ1) is 18.9. The van der Waals surface area contributed by atoms with Gasteiger partial charge in [0, 0.05) is 12.5 Å². The van der Waals surface area contributed by atoms with E-state index >= 15 is 0 Å². The molecule has 0 radical (unpaired) electrons. The number of carbonyl (C=O) groups is 1. The molecular weight excluding hydrogens is 352 g/mol. The Morgan fingerprint density at radius 1 is 1.27 bits per heavy atom. The summed E-state index contributed by atoms with van der Waals surface area (Å²) in [5.74, 6) is 1.45. The highest BCUT2D eigenvalue weighted by Gasteiger charge is 2.37. The molecule has 0 spiro atoms. The predicted octanol–water partition coefficient (Wildman–Crippen LogP) is 0.0127. The Balaban J connectivity index is 1.49. The fourth-order valence-corrected chi connectivity index (χ4v) is 5.48. The van der Waals surface area contributed by atoms with E-state index in [1.807, 2.05) is 42.2 Å². The number of benzene rings is 1. The highest BCUT2D eigenvalue weighted by molar-refractivity contribution is 7.91. The number of rotatable bonds is 5. The second-order valence-electron chi connectivity index (χ2n) is 6.92. The van der Waals surface area contributed by atoms with E-state index in [2.05, 4.69) is 0 Å². The molecule has 7 heteroatoms. The first-order valence-corrected chi connectivity index (χ1v) is 11.0. The summed E-state index contributed by atoms with van der Waals surface area (Å²) in [7, 11) is -2.84. The van der Waals surface area contributed by atoms with E-state index in [-0.39, 0.29) is 11.9 Å². The number of nitrogens with one attached hydrogen (secondary N) is 1. The van der Waals surface area contributed by atoms with Gasteiger partial charge in [-0.3, -0.25) is 4.79 Å². The van der Waals surface area contributed by atoms with Crippen molar-refractivity contribution in [3.05, 3.63) is 35.9 Å². The molecule has 0 aromatic heterocycles. The van der Waals surface area contributed by atoms with Crippen LogP contribution in [0.5, 0.6) is 5.75 Å². The van der Waals surface area contributed by atoms with E-state index in [1.165, 1.54) is 4.90 Å². The lowest BCUT2D eigenvalue weighted by atomic mass is 10.1. The van der Waals surface area contributed by atoms with Crippen LogP contribution in [0, 0.1) is 0 Å².